The lowest BCUT2D eigenvalue weighted by atomic mass is 10.1. The second-order valence-electron chi connectivity index (χ2n) is 7.13. The fourth-order valence-corrected chi connectivity index (χ4v) is 3.95. The van der Waals surface area contributed by atoms with E-state index in [1.165, 1.54) is 10.5 Å². The highest BCUT2D eigenvalue weighted by Crippen LogP contribution is 2.23. The highest BCUT2D eigenvalue weighted by atomic mass is 32.2. The minimum absolute atomic E-state index is 0.127. The number of nitrogens with one attached hydrogen (secondary N) is 1. The molecule has 29 heavy (non-hydrogen) atoms. The summed E-state index contributed by atoms with van der Waals surface area (Å²) < 4.78 is 5.96. The topological polar surface area (TPSA) is 38.3 Å². The fourth-order valence-electron chi connectivity index (χ4n) is 3.08. The smallest absolute Gasteiger partial charge is 0.265 e. The van der Waals surface area contributed by atoms with Crippen LogP contribution in [0, 0.1) is 13.8 Å². The second kappa shape index (κ2) is 10.2. The van der Waals surface area contributed by atoms with Crippen molar-refractivity contribution in [1.29, 1.82) is 0 Å². The zero-order valence-corrected chi connectivity index (χ0v) is 18.0. The average molecular weight is 406 g/mol. The van der Waals surface area contributed by atoms with Crippen molar-refractivity contribution in [2.75, 3.05) is 5.32 Å². The number of rotatable bonds is 8. The third-order valence-electron chi connectivity index (χ3n) is 4.51. The zero-order valence-electron chi connectivity index (χ0n) is 17.1. The van der Waals surface area contributed by atoms with Gasteiger partial charge in [-0.15, -0.1) is 11.8 Å². The maximum atomic E-state index is 12.7. The van der Waals surface area contributed by atoms with Crippen LogP contribution in [0.4, 0.5) is 5.69 Å². The molecule has 0 radical (unpaired) electrons. The number of anilines is 1. The van der Waals surface area contributed by atoms with Crippen molar-refractivity contribution in [2.24, 2.45) is 0 Å². The largest absolute Gasteiger partial charge is 0.481 e. The van der Waals surface area contributed by atoms with Crippen LogP contribution in [0.2, 0.25) is 0 Å². The normalized spacial score (nSPS) is 11.7. The number of hydrogen-bond acceptors (Lipinski definition) is 3. The van der Waals surface area contributed by atoms with E-state index < -0.39 is 6.10 Å². The molecule has 1 N–H and O–H groups in total. The van der Waals surface area contributed by atoms with Gasteiger partial charge in [0.1, 0.15) is 5.75 Å². The Labute approximate surface area is 177 Å². The molecule has 0 aromatic heterocycles. The van der Waals surface area contributed by atoms with Crippen LogP contribution in [0.25, 0.3) is 0 Å². The van der Waals surface area contributed by atoms with Crippen LogP contribution in [0.15, 0.2) is 77.7 Å². The standard InChI is InChI=1S/C25H27NO2S/c1-4-24(28-22-15-18(2)14-19(3)16-22)25(27)26-21-12-10-20(11-13-21)17-29-23-8-6-5-7-9-23/h5-16,24H,4,17H2,1-3H3,(H,26,27)/t24-/m0/s1. The van der Waals surface area contributed by atoms with E-state index in [4.69, 9.17) is 4.74 Å². The lowest BCUT2D eigenvalue weighted by molar-refractivity contribution is -0.122. The molecule has 0 aliphatic heterocycles. The van der Waals surface area contributed by atoms with E-state index in [2.05, 4.69) is 35.6 Å². The van der Waals surface area contributed by atoms with Gasteiger partial charge in [-0.3, -0.25) is 4.79 Å². The summed E-state index contributed by atoms with van der Waals surface area (Å²) in [5, 5.41) is 2.97. The summed E-state index contributed by atoms with van der Waals surface area (Å²) in [5.41, 5.74) is 4.25. The maximum absolute atomic E-state index is 12.7. The number of amides is 1. The Hall–Kier alpha value is -2.72. The number of aryl methyl sites for hydroxylation is 2. The summed E-state index contributed by atoms with van der Waals surface area (Å²) >= 11 is 1.80. The minimum atomic E-state index is -0.524. The van der Waals surface area contributed by atoms with Crippen molar-refractivity contribution >= 4 is 23.4 Å². The molecule has 0 heterocycles. The first-order chi connectivity index (χ1) is 14.0. The monoisotopic (exact) mass is 405 g/mol. The first kappa shape index (κ1) is 21.0. The summed E-state index contributed by atoms with van der Waals surface area (Å²) in [4.78, 5) is 13.9. The van der Waals surface area contributed by atoms with Gasteiger partial charge in [-0.05, 0) is 73.4 Å². The molecule has 0 fully saturated rings. The van der Waals surface area contributed by atoms with E-state index >= 15 is 0 Å². The Bertz CT molecular complexity index is 919. The van der Waals surface area contributed by atoms with Crippen LogP contribution >= 0.6 is 11.8 Å². The second-order valence-corrected chi connectivity index (χ2v) is 8.17. The summed E-state index contributed by atoms with van der Waals surface area (Å²) in [5.74, 6) is 1.50. The quantitative estimate of drug-likeness (QED) is 0.441. The number of benzene rings is 3. The number of ether oxygens (including phenoxy) is 1. The molecule has 150 valence electrons. The van der Waals surface area contributed by atoms with Gasteiger partial charge in [0.25, 0.3) is 5.91 Å². The molecule has 3 aromatic carbocycles. The third kappa shape index (κ3) is 6.40. The molecule has 0 saturated carbocycles. The van der Waals surface area contributed by atoms with Crippen LogP contribution in [0.5, 0.6) is 5.75 Å². The van der Waals surface area contributed by atoms with Crippen molar-refractivity contribution in [3.8, 4) is 5.75 Å². The molecule has 3 rings (SSSR count). The molecule has 0 aliphatic carbocycles. The molecule has 0 bridgehead atoms. The highest BCUT2D eigenvalue weighted by Gasteiger charge is 2.18. The van der Waals surface area contributed by atoms with Crippen LogP contribution in [-0.2, 0) is 10.5 Å². The molecule has 0 saturated heterocycles. The van der Waals surface area contributed by atoms with Crippen LogP contribution in [-0.4, -0.2) is 12.0 Å². The Morgan fingerprint density at radius 2 is 1.62 bits per heavy atom. The van der Waals surface area contributed by atoms with E-state index in [9.17, 15) is 4.79 Å². The van der Waals surface area contributed by atoms with Gasteiger partial charge in [-0.25, -0.2) is 0 Å². The van der Waals surface area contributed by atoms with Gasteiger partial charge in [-0.1, -0.05) is 43.3 Å². The van der Waals surface area contributed by atoms with Gasteiger partial charge in [-0.2, -0.15) is 0 Å². The zero-order chi connectivity index (χ0) is 20.6. The number of thioether (sulfide) groups is 1. The van der Waals surface area contributed by atoms with E-state index in [1.54, 1.807) is 11.8 Å². The molecule has 0 unspecified atom stereocenters. The van der Waals surface area contributed by atoms with Crippen molar-refractivity contribution in [2.45, 2.75) is 43.9 Å². The molecule has 0 spiro atoms. The van der Waals surface area contributed by atoms with Gasteiger partial charge >= 0.3 is 0 Å². The highest BCUT2D eigenvalue weighted by molar-refractivity contribution is 7.98. The molecule has 3 nitrogen and oxygen atoms in total. The van der Waals surface area contributed by atoms with E-state index in [0.29, 0.717) is 6.42 Å². The Balaban J connectivity index is 1.57. The summed E-state index contributed by atoms with van der Waals surface area (Å²) in [6.45, 7) is 6.01. The Morgan fingerprint density at radius 3 is 2.24 bits per heavy atom. The molecular formula is C25H27NO2S. The molecule has 1 atom stereocenters. The molecule has 4 heteroatoms. The van der Waals surface area contributed by atoms with Crippen LogP contribution in [0.1, 0.15) is 30.0 Å². The molecular weight excluding hydrogens is 378 g/mol. The van der Waals surface area contributed by atoms with Gasteiger partial charge in [0.2, 0.25) is 0 Å². The first-order valence-electron chi connectivity index (χ1n) is 9.86. The van der Waals surface area contributed by atoms with Crippen molar-refractivity contribution < 1.29 is 9.53 Å². The number of hydrogen-bond donors (Lipinski definition) is 1. The van der Waals surface area contributed by atoms with E-state index in [0.717, 1.165) is 28.3 Å². The minimum Gasteiger partial charge on any atom is -0.481 e. The predicted molar refractivity (Wildman–Crippen MR) is 122 cm³/mol. The van der Waals surface area contributed by atoms with Crippen molar-refractivity contribution in [3.63, 3.8) is 0 Å². The predicted octanol–water partition coefficient (Wildman–Crippen LogP) is 6.39. The number of carbonyl (C=O) groups is 1. The Morgan fingerprint density at radius 1 is 0.966 bits per heavy atom. The molecule has 1 amide bonds. The van der Waals surface area contributed by atoms with E-state index in [1.807, 2.05) is 63.2 Å². The lowest BCUT2D eigenvalue weighted by Crippen LogP contribution is -2.32. The van der Waals surface area contributed by atoms with Gasteiger partial charge in [0.15, 0.2) is 6.10 Å². The number of carbonyl (C=O) groups excluding carboxylic acids is 1. The summed E-state index contributed by atoms with van der Waals surface area (Å²) in [6, 6.07) is 24.3. The summed E-state index contributed by atoms with van der Waals surface area (Å²) in [6.07, 6.45) is 0.0782. The van der Waals surface area contributed by atoms with Gasteiger partial charge < -0.3 is 10.1 Å². The van der Waals surface area contributed by atoms with E-state index in [-0.39, 0.29) is 5.91 Å². The van der Waals surface area contributed by atoms with Gasteiger partial charge in [0.05, 0.1) is 0 Å². The Kier molecular flexibility index (Phi) is 7.36. The van der Waals surface area contributed by atoms with Crippen molar-refractivity contribution in [1.82, 2.24) is 0 Å². The lowest BCUT2D eigenvalue weighted by Gasteiger charge is -2.18. The first-order valence-corrected chi connectivity index (χ1v) is 10.8. The third-order valence-corrected chi connectivity index (χ3v) is 5.59. The molecule has 3 aromatic rings. The SMILES string of the molecule is CC[C@H](Oc1cc(C)cc(C)c1)C(=O)Nc1ccc(CSc2ccccc2)cc1. The van der Waals surface area contributed by atoms with Crippen molar-refractivity contribution in [3.05, 3.63) is 89.5 Å². The summed E-state index contributed by atoms with van der Waals surface area (Å²) in [7, 11) is 0. The molecule has 0 aliphatic rings. The van der Waals surface area contributed by atoms with Crippen LogP contribution in [0.3, 0.4) is 0 Å². The maximum Gasteiger partial charge on any atom is 0.265 e. The van der Waals surface area contributed by atoms with Crippen LogP contribution < -0.4 is 10.1 Å². The van der Waals surface area contributed by atoms with Gasteiger partial charge in [0, 0.05) is 16.3 Å². The fraction of sp³-hybridized carbons (Fsp3) is 0.240. The average Bonchev–Trinajstić information content (AvgIpc) is 2.71.